The van der Waals surface area contributed by atoms with Crippen LogP contribution >= 0.6 is 12.2 Å². The van der Waals surface area contributed by atoms with Crippen LogP contribution in [-0.4, -0.2) is 55.5 Å². The lowest BCUT2D eigenvalue weighted by Crippen LogP contribution is -2.30. The van der Waals surface area contributed by atoms with Gasteiger partial charge in [0.2, 0.25) is 5.36 Å². The Bertz CT molecular complexity index is 1610. The molecule has 0 radical (unpaired) electrons. The molecule has 5 N–H and O–H groups in total. The van der Waals surface area contributed by atoms with Gasteiger partial charge in [-0.15, -0.1) is 0 Å². The molecule has 0 spiro atoms. The molecule has 4 rings (SSSR count). The molecule has 0 fully saturated rings. The summed E-state index contributed by atoms with van der Waals surface area (Å²) >= 11 is 5.47. The molecule has 42 heavy (non-hydrogen) atoms. The normalized spacial score (nSPS) is 11.1. The molecular weight excluding hydrogens is 550 g/mol. The Hall–Kier alpha value is -3.99. The highest BCUT2D eigenvalue weighted by atomic mass is 32.1. The number of rotatable bonds is 12. The number of carboxylic acid groups (broad SMARTS) is 1. The van der Waals surface area contributed by atoms with Gasteiger partial charge in [-0.2, -0.15) is 0 Å². The molecule has 0 bridgehead atoms. The lowest BCUT2D eigenvalue weighted by Gasteiger charge is -2.23. The van der Waals surface area contributed by atoms with Crippen molar-refractivity contribution >= 4 is 45.6 Å². The number of thiocarbonyl (C=S) groups is 1. The van der Waals surface area contributed by atoms with E-state index in [9.17, 15) is 9.90 Å². The molecule has 10 heteroatoms. The summed E-state index contributed by atoms with van der Waals surface area (Å²) < 4.78 is 8.82. The molecule has 9 nitrogen and oxygen atoms in total. The van der Waals surface area contributed by atoms with Crippen molar-refractivity contribution in [2.24, 2.45) is 5.90 Å². The van der Waals surface area contributed by atoms with Crippen molar-refractivity contribution in [3.05, 3.63) is 65.5 Å². The Labute approximate surface area is 251 Å². The van der Waals surface area contributed by atoms with Gasteiger partial charge in [0.05, 0.1) is 18.2 Å². The number of fused-ring (bicyclic) bond motifs is 2. The van der Waals surface area contributed by atoms with Crippen molar-refractivity contribution in [3.8, 4) is 22.5 Å². The zero-order valence-corrected chi connectivity index (χ0v) is 25.5. The van der Waals surface area contributed by atoms with Crippen LogP contribution in [0.25, 0.3) is 33.4 Å². The molecule has 2 aliphatic rings. The van der Waals surface area contributed by atoms with Gasteiger partial charge in [-0.1, -0.05) is 0 Å². The third-order valence-corrected chi connectivity index (χ3v) is 7.69. The lowest BCUT2D eigenvalue weighted by atomic mass is 9.90. The second-order valence-corrected chi connectivity index (χ2v) is 10.3. The zero-order chi connectivity index (χ0) is 30.2. The fraction of sp³-hybridized carbons (Fsp3) is 0.344. The number of benzene rings is 3. The summed E-state index contributed by atoms with van der Waals surface area (Å²) in [5.74, 6) is 4.77. The summed E-state index contributed by atoms with van der Waals surface area (Å²) in [7, 11) is 0. The first kappa shape index (κ1) is 31.0. The van der Waals surface area contributed by atoms with Crippen molar-refractivity contribution < 1.29 is 19.2 Å². The van der Waals surface area contributed by atoms with Crippen molar-refractivity contribution in [2.45, 2.75) is 34.1 Å². The van der Waals surface area contributed by atoms with Gasteiger partial charge >= 0.3 is 5.97 Å². The maximum atomic E-state index is 12.5. The van der Waals surface area contributed by atoms with Gasteiger partial charge in [-0.05, 0) is 88.3 Å². The molecule has 0 unspecified atom stereocenters. The van der Waals surface area contributed by atoms with Crippen LogP contribution < -0.4 is 31.4 Å². The molecule has 1 aliphatic heterocycles. The molecule has 1 aliphatic carbocycles. The minimum Gasteiger partial charge on any atom is -0.478 e. The fourth-order valence-corrected chi connectivity index (χ4v) is 5.50. The average molecular weight is 591 g/mol. The summed E-state index contributed by atoms with van der Waals surface area (Å²) in [6.45, 7) is 12.9. The van der Waals surface area contributed by atoms with Crippen LogP contribution in [0.15, 0.2) is 59.0 Å². The van der Waals surface area contributed by atoms with Crippen molar-refractivity contribution in [1.82, 2.24) is 9.89 Å². The molecular formula is C32H40N5O4S+. The quantitative estimate of drug-likeness (QED) is 0.0586. The van der Waals surface area contributed by atoms with Gasteiger partial charge in [0.25, 0.3) is 0 Å². The van der Waals surface area contributed by atoms with E-state index in [1.54, 1.807) is 12.1 Å². The van der Waals surface area contributed by atoms with Crippen molar-refractivity contribution in [1.29, 1.82) is 0 Å². The van der Waals surface area contributed by atoms with Gasteiger partial charge in [-0.25, -0.2) is 15.3 Å². The molecule has 0 aromatic heterocycles. The van der Waals surface area contributed by atoms with Gasteiger partial charge in [-0.3, -0.25) is 0 Å². The highest BCUT2D eigenvalue weighted by Gasteiger charge is 2.23. The summed E-state index contributed by atoms with van der Waals surface area (Å²) in [5, 5.41) is 18.9. The molecule has 222 valence electrons. The van der Waals surface area contributed by atoms with Crippen LogP contribution in [0.2, 0.25) is 0 Å². The summed E-state index contributed by atoms with van der Waals surface area (Å²) in [6, 6.07) is 17.4. The number of nitrogens with zero attached hydrogens (tertiary/aromatic N) is 2. The Morgan fingerprint density at radius 1 is 1.02 bits per heavy atom. The topological polar surface area (TPSA) is 116 Å². The van der Waals surface area contributed by atoms with Crippen LogP contribution in [-0.2, 0) is 4.84 Å². The minimum absolute atomic E-state index is 0.189. The van der Waals surface area contributed by atoms with Crippen LogP contribution in [0.1, 0.15) is 44.5 Å². The zero-order valence-electron chi connectivity index (χ0n) is 24.7. The largest absolute Gasteiger partial charge is 0.478 e. The number of hydrogen-bond donors (Lipinski definition) is 4. The average Bonchev–Trinajstić information content (AvgIpc) is 2.99. The predicted molar refractivity (Wildman–Crippen MR) is 174 cm³/mol. The van der Waals surface area contributed by atoms with E-state index in [0.29, 0.717) is 47.3 Å². The Morgan fingerprint density at radius 2 is 1.79 bits per heavy atom. The lowest BCUT2D eigenvalue weighted by molar-refractivity contribution is 0.0697. The van der Waals surface area contributed by atoms with E-state index in [1.807, 2.05) is 30.3 Å². The minimum atomic E-state index is -1.01. The fourth-order valence-electron chi connectivity index (χ4n) is 5.28. The predicted octanol–water partition coefficient (Wildman–Crippen LogP) is 5.13. The van der Waals surface area contributed by atoms with E-state index in [4.69, 9.17) is 22.5 Å². The number of nitrogens with two attached hydrogens (primary N) is 1. The van der Waals surface area contributed by atoms with Crippen molar-refractivity contribution in [3.63, 3.8) is 0 Å². The highest BCUT2D eigenvalue weighted by molar-refractivity contribution is 7.80. The number of carbonyl (C=O) groups is 1. The monoisotopic (exact) mass is 590 g/mol. The Balaban J connectivity index is 1.96. The van der Waals surface area contributed by atoms with E-state index >= 15 is 0 Å². The van der Waals surface area contributed by atoms with Crippen LogP contribution in [0, 0.1) is 0 Å². The summed E-state index contributed by atoms with van der Waals surface area (Å²) in [4.78, 5) is 19.4. The summed E-state index contributed by atoms with van der Waals surface area (Å²) in [6.07, 6.45) is 0.692. The van der Waals surface area contributed by atoms with Gasteiger partial charge in [0.1, 0.15) is 24.4 Å². The molecule has 2 aromatic rings. The third kappa shape index (κ3) is 6.73. The van der Waals surface area contributed by atoms with E-state index in [1.165, 1.54) is 0 Å². The second kappa shape index (κ2) is 14.3. The first-order valence-electron chi connectivity index (χ1n) is 14.4. The van der Waals surface area contributed by atoms with Crippen LogP contribution in [0.3, 0.4) is 0 Å². The molecule has 2 aromatic carbocycles. The summed E-state index contributed by atoms with van der Waals surface area (Å²) in [5.41, 5.74) is 4.79. The number of carboxylic acids is 1. The van der Waals surface area contributed by atoms with Gasteiger partial charge in [0, 0.05) is 59.7 Å². The highest BCUT2D eigenvalue weighted by Crippen LogP contribution is 2.42. The second-order valence-electron chi connectivity index (χ2n) is 9.85. The van der Waals surface area contributed by atoms with Gasteiger partial charge < -0.3 is 29.9 Å². The number of hydrogen-bond acceptors (Lipinski definition) is 6. The molecule has 0 atom stereocenters. The first-order chi connectivity index (χ1) is 20.3. The smallest absolute Gasteiger partial charge is 0.336 e. The third-order valence-electron chi connectivity index (χ3n) is 7.45. The molecule has 0 saturated heterocycles. The number of nitrogens with one attached hydrogen (secondary N) is 2. The van der Waals surface area contributed by atoms with E-state index in [-0.39, 0.29) is 5.56 Å². The first-order valence-corrected chi connectivity index (χ1v) is 14.8. The van der Waals surface area contributed by atoms with E-state index < -0.39 is 5.97 Å². The molecule has 0 saturated carbocycles. The van der Waals surface area contributed by atoms with Crippen molar-refractivity contribution in [2.75, 3.05) is 49.5 Å². The Kier molecular flexibility index (Phi) is 10.5. The molecule has 1 heterocycles. The van der Waals surface area contributed by atoms with E-state index in [2.05, 4.69) is 64.8 Å². The molecule has 0 amide bonds. The number of aromatic carboxylic acids is 1. The standard InChI is InChI=1S/C32H39N5O4S/c1-5-36(6-2)22-11-14-25-28(19-22)41-29-20-23(37(7-3)8-4)12-15-26(29)30(25)27-18-21(10-13-24(27)31(38)39)35-32(42)34-16-9-17-40-33/h10-15,18-20H,5-9,16-17,33H2,1-4H3,(H2-,34,35,38,39,42)/p+1. The maximum Gasteiger partial charge on any atom is 0.336 e. The van der Waals surface area contributed by atoms with Crippen LogP contribution in [0.5, 0.6) is 0 Å². The SMILES string of the molecule is CCN(CC)c1ccc2c(-c3cc(NC(=S)NCCCON)ccc3C(=O)O)c3ccc(=[N+](CC)CC)cc-3oc2c1. The number of anilines is 2. The van der Waals surface area contributed by atoms with Crippen LogP contribution in [0.4, 0.5) is 11.4 Å². The van der Waals surface area contributed by atoms with Gasteiger partial charge in [0.15, 0.2) is 5.11 Å². The maximum absolute atomic E-state index is 12.5. The van der Waals surface area contributed by atoms with E-state index in [0.717, 1.165) is 53.7 Å². The Morgan fingerprint density at radius 3 is 2.45 bits per heavy atom.